The van der Waals surface area contributed by atoms with Gasteiger partial charge in [-0.25, -0.2) is 0 Å². The molecule has 4 heteroatoms. The van der Waals surface area contributed by atoms with Gasteiger partial charge in [0.25, 0.3) is 0 Å². The molecule has 1 aliphatic carbocycles. The molecule has 102 valence electrons. The molecule has 1 aliphatic rings. The van der Waals surface area contributed by atoms with E-state index in [9.17, 15) is 10.2 Å². The third kappa shape index (κ3) is 5.82. The fraction of sp³-hybridized carbons (Fsp3) is 1.00. The highest BCUT2D eigenvalue weighted by molar-refractivity contribution is 4.79. The second-order valence-corrected chi connectivity index (χ2v) is 5.20. The van der Waals surface area contributed by atoms with Crippen molar-refractivity contribution >= 4 is 0 Å². The average molecular weight is 246 g/mol. The number of aliphatic hydroxyl groups is 2. The van der Waals surface area contributed by atoms with Crippen LogP contribution in [0.4, 0.5) is 0 Å². The first-order valence-corrected chi connectivity index (χ1v) is 6.56. The lowest BCUT2D eigenvalue weighted by Gasteiger charge is -2.32. The fourth-order valence-electron chi connectivity index (χ4n) is 2.52. The van der Waals surface area contributed by atoms with Crippen molar-refractivity contribution in [2.45, 2.75) is 44.8 Å². The van der Waals surface area contributed by atoms with E-state index in [1.807, 2.05) is 0 Å². The molecule has 0 heterocycles. The first-order chi connectivity index (χ1) is 8.13. The molecule has 0 radical (unpaired) electrons. The predicted octanol–water partition coefficient (Wildman–Crippen LogP) is 1.20. The second kappa shape index (κ2) is 8.03. The number of methoxy groups -OCH3 is 1. The molecule has 0 amide bonds. The van der Waals surface area contributed by atoms with E-state index in [1.54, 1.807) is 7.11 Å². The summed E-state index contributed by atoms with van der Waals surface area (Å²) in [6.07, 6.45) is 2.88. The van der Waals surface area contributed by atoms with Gasteiger partial charge in [0.15, 0.2) is 0 Å². The molecule has 1 fully saturated rings. The maximum absolute atomic E-state index is 9.87. The standard InChI is InChI=1S/C13H26O4/c1-10-3-4-13(15)11(7-10)8-12(14)9-17-6-5-16-2/h10-15H,3-9H2,1-2H3. The lowest BCUT2D eigenvalue weighted by molar-refractivity contribution is -0.0213. The van der Waals surface area contributed by atoms with Crippen LogP contribution in [0.3, 0.4) is 0 Å². The van der Waals surface area contributed by atoms with Crippen LogP contribution in [0.15, 0.2) is 0 Å². The minimum atomic E-state index is -0.475. The zero-order chi connectivity index (χ0) is 12.7. The minimum Gasteiger partial charge on any atom is -0.393 e. The molecule has 0 saturated heterocycles. The van der Waals surface area contributed by atoms with Gasteiger partial charge >= 0.3 is 0 Å². The molecule has 4 nitrogen and oxygen atoms in total. The molecule has 0 bridgehead atoms. The van der Waals surface area contributed by atoms with E-state index in [2.05, 4.69) is 6.92 Å². The zero-order valence-corrected chi connectivity index (χ0v) is 11.0. The van der Waals surface area contributed by atoms with Crippen LogP contribution in [0.2, 0.25) is 0 Å². The predicted molar refractivity (Wildman–Crippen MR) is 65.8 cm³/mol. The largest absolute Gasteiger partial charge is 0.393 e. The van der Waals surface area contributed by atoms with Gasteiger partial charge in [0.2, 0.25) is 0 Å². The molecule has 17 heavy (non-hydrogen) atoms. The van der Waals surface area contributed by atoms with Gasteiger partial charge in [-0.1, -0.05) is 6.92 Å². The summed E-state index contributed by atoms with van der Waals surface area (Å²) in [6.45, 7) is 3.61. The van der Waals surface area contributed by atoms with Crippen LogP contribution in [0.5, 0.6) is 0 Å². The Balaban J connectivity index is 2.17. The number of ether oxygens (including phenoxy) is 2. The van der Waals surface area contributed by atoms with Crippen LogP contribution in [0, 0.1) is 11.8 Å². The third-order valence-corrected chi connectivity index (χ3v) is 3.52. The molecule has 4 atom stereocenters. The van der Waals surface area contributed by atoms with Gasteiger partial charge in [0, 0.05) is 7.11 Å². The van der Waals surface area contributed by atoms with Gasteiger partial charge in [-0.2, -0.15) is 0 Å². The Morgan fingerprint density at radius 2 is 2.06 bits per heavy atom. The maximum Gasteiger partial charge on any atom is 0.0777 e. The third-order valence-electron chi connectivity index (χ3n) is 3.52. The highest BCUT2D eigenvalue weighted by Gasteiger charge is 2.28. The van der Waals surface area contributed by atoms with Crippen molar-refractivity contribution in [3.8, 4) is 0 Å². The number of hydrogen-bond donors (Lipinski definition) is 2. The van der Waals surface area contributed by atoms with Gasteiger partial charge in [-0.05, 0) is 37.5 Å². The average Bonchev–Trinajstić information content (AvgIpc) is 2.29. The SMILES string of the molecule is COCCOCC(O)CC1CC(C)CCC1O. The van der Waals surface area contributed by atoms with Crippen molar-refractivity contribution in [2.75, 3.05) is 26.9 Å². The summed E-state index contributed by atoms with van der Waals surface area (Å²) in [7, 11) is 1.62. The van der Waals surface area contributed by atoms with E-state index in [4.69, 9.17) is 9.47 Å². The highest BCUT2D eigenvalue weighted by Crippen LogP contribution is 2.31. The molecular weight excluding hydrogens is 220 g/mol. The number of aliphatic hydroxyl groups excluding tert-OH is 2. The molecule has 0 aromatic heterocycles. The van der Waals surface area contributed by atoms with Crippen molar-refractivity contribution in [1.29, 1.82) is 0 Å². The Hall–Kier alpha value is -0.160. The molecule has 1 rings (SSSR count). The first-order valence-electron chi connectivity index (χ1n) is 6.56. The van der Waals surface area contributed by atoms with Crippen LogP contribution in [0.25, 0.3) is 0 Å². The molecule has 1 saturated carbocycles. The van der Waals surface area contributed by atoms with Crippen LogP contribution < -0.4 is 0 Å². The van der Waals surface area contributed by atoms with Crippen molar-refractivity contribution in [3.05, 3.63) is 0 Å². The summed E-state index contributed by atoms with van der Waals surface area (Å²) in [5.41, 5.74) is 0. The Morgan fingerprint density at radius 1 is 1.29 bits per heavy atom. The van der Waals surface area contributed by atoms with Gasteiger partial charge in [0.1, 0.15) is 0 Å². The van der Waals surface area contributed by atoms with E-state index in [-0.39, 0.29) is 12.0 Å². The van der Waals surface area contributed by atoms with Crippen LogP contribution in [0.1, 0.15) is 32.6 Å². The lowest BCUT2D eigenvalue weighted by atomic mass is 9.78. The van der Waals surface area contributed by atoms with E-state index in [0.717, 1.165) is 19.3 Å². The highest BCUT2D eigenvalue weighted by atomic mass is 16.5. The summed E-state index contributed by atoms with van der Waals surface area (Å²) in [6, 6.07) is 0. The van der Waals surface area contributed by atoms with E-state index in [0.29, 0.717) is 32.2 Å². The van der Waals surface area contributed by atoms with Crippen molar-refractivity contribution in [2.24, 2.45) is 11.8 Å². The molecule has 4 unspecified atom stereocenters. The van der Waals surface area contributed by atoms with Crippen molar-refractivity contribution in [3.63, 3.8) is 0 Å². The number of rotatable bonds is 7. The Kier molecular flexibility index (Phi) is 7.04. The van der Waals surface area contributed by atoms with Crippen LogP contribution in [-0.2, 0) is 9.47 Å². The zero-order valence-electron chi connectivity index (χ0n) is 11.0. The smallest absolute Gasteiger partial charge is 0.0777 e. The summed E-state index contributed by atoms with van der Waals surface area (Å²) < 4.78 is 10.1. The van der Waals surface area contributed by atoms with Gasteiger partial charge in [-0.3, -0.25) is 0 Å². The fourth-order valence-corrected chi connectivity index (χ4v) is 2.52. The quantitative estimate of drug-likeness (QED) is 0.663. The first kappa shape index (κ1) is 14.9. The summed E-state index contributed by atoms with van der Waals surface area (Å²) in [5, 5.41) is 19.7. The summed E-state index contributed by atoms with van der Waals surface area (Å²) >= 11 is 0. The topological polar surface area (TPSA) is 58.9 Å². The van der Waals surface area contributed by atoms with E-state index >= 15 is 0 Å². The van der Waals surface area contributed by atoms with Crippen LogP contribution in [-0.4, -0.2) is 49.4 Å². The Morgan fingerprint density at radius 3 is 2.76 bits per heavy atom. The Labute approximate surface area is 104 Å². The van der Waals surface area contributed by atoms with Crippen molar-refractivity contribution < 1.29 is 19.7 Å². The Bertz CT molecular complexity index is 198. The van der Waals surface area contributed by atoms with Gasteiger partial charge in [-0.15, -0.1) is 0 Å². The van der Waals surface area contributed by atoms with Crippen LogP contribution >= 0.6 is 0 Å². The molecule has 2 N–H and O–H groups in total. The molecular formula is C13H26O4. The monoisotopic (exact) mass is 246 g/mol. The maximum atomic E-state index is 9.87. The lowest BCUT2D eigenvalue weighted by Crippen LogP contribution is -2.32. The second-order valence-electron chi connectivity index (χ2n) is 5.20. The molecule has 0 aromatic carbocycles. The normalized spacial score (nSPS) is 31.4. The minimum absolute atomic E-state index is 0.222. The van der Waals surface area contributed by atoms with Gasteiger partial charge < -0.3 is 19.7 Å². The summed E-state index contributed by atoms with van der Waals surface area (Å²) in [5.74, 6) is 0.879. The molecule has 0 spiro atoms. The van der Waals surface area contributed by atoms with E-state index < -0.39 is 6.10 Å². The van der Waals surface area contributed by atoms with Gasteiger partial charge in [0.05, 0.1) is 32.0 Å². The molecule has 0 aromatic rings. The van der Waals surface area contributed by atoms with Crippen molar-refractivity contribution in [1.82, 2.24) is 0 Å². The van der Waals surface area contributed by atoms with E-state index in [1.165, 1.54) is 0 Å². The summed E-state index contributed by atoms with van der Waals surface area (Å²) in [4.78, 5) is 0. The molecule has 0 aliphatic heterocycles. The number of hydrogen-bond acceptors (Lipinski definition) is 4.